The van der Waals surface area contributed by atoms with Gasteiger partial charge < -0.3 is 0 Å². The second-order valence-corrected chi connectivity index (χ2v) is 11.6. The Balaban J connectivity index is 1.52. The Morgan fingerprint density at radius 3 is 2.10 bits per heavy atom. The first-order valence-corrected chi connectivity index (χ1v) is 13.1. The maximum absolute atomic E-state index is 4.70. The van der Waals surface area contributed by atoms with Gasteiger partial charge in [-0.05, 0) is 65.0 Å². The molecule has 3 heterocycles. The van der Waals surface area contributed by atoms with Gasteiger partial charge in [0.1, 0.15) is 0 Å². The normalized spacial score (nSPS) is 12.2. The Kier molecular flexibility index (Phi) is 3.86. The van der Waals surface area contributed by atoms with Gasteiger partial charge in [0.2, 0.25) is 0 Å². The van der Waals surface area contributed by atoms with E-state index in [1.807, 2.05) is 40.1 Å². The first-order valence-electron chi connectivity index (χ1n) is 10.2. The summed E-state index contributed by atoms with van der Waals surface area (Å²) in [4.78, 5) is 2.36. The number of thiol groups is 1. The fraction of sp³-hybridized carbons (Fsp3) is 0.0370. The monoisotopic (exact) mass is 468 g/mol. The highest BCUT2D eigenvalue weighted by molar-refractivity contribution is 7.80. The van der Waals surface area contributed by atoms with Crippen molar-refractivity contribution in [2.75, 3.05) is 0 Å². The van der Waals surface area contributed by atoms with Crippen molar-refractivity contribution < 1.29 is 0 Å². The lowest BCUT2D eigenvalue weighted by Crippen LogP contribution is -1.79. The molecule has 0 aliphatic heterocycles. The molecule has 4 aromatic carbocycles. The maximum Gasteiger partial charge on any atom is 0.0542 e. The Hall–Kier alpha value is -2.37. The van der Waals surface area contributed by atoms with Gasteiger partial charge >= 0.3 is 0 Å². The van der Waals surface area contributed by atoms with Crippen LogP contribution in [0.25, 0.3) is 60.9 Å². The summed E-state index contributed by atoms with van der Waals surface area (Å²) in [7, 11) is 0. The van der Waals surface area contributed by atoms with E-state index in [9.17, 15) is 0 Å². The summed E-state index contributed by atoms with van der Waals surface area (Å²) in [6.45, 7) is 2.24. The van der Waals surface area contributed by atoms with Crippen LogP contribution < -0.4 is 0 Å². The number of hydrogen-bond donors (Lipinski definition) is 1. The molecule has 0 radical (unpaired) electrons. The minimum Gasteiger partial charge on any atom is -0.143 e. The molecule has 0 saturated heterocycles. The van der Waals surface area contributed by atoms with Crippen LogP contribution >= 0.6 is 46.6 Å². The van der Waals surface area contributed by atoms with Crippen molar-refractivity contribution in [2.24, 2.45) is 0 Å². The lowest BCUT2D eigenvalue weighted by atomic mass is 10.0. The molecule has 0 saturated carbocycles. The molecule has 0 N–H and O–H groups in total. The van der Waals surface area contributed by atoms with Crippen LogP contribution in [0.4, 0.5) is 0 Å². The lowest BCUT2D eigenvalue weighted by Gasteiger charge is -2.03. The molecule has 0 amide bonds. The minimum absolute atomic E-state index is 1.04. The number of hydrogen-bond acceptors (Lipinski definition) is 4. The van der Waals surface area contributed by atoms with Gasteiger partial charge in [-0.1, -0.05) is 36.4 Å². The van der Waals surface area contributed by atoms with E-state index in [1.54, 1.807) is 0 Å². The van der Waals surface area contributed by atoms with Crippen LogP contribution in [0.5, 0.6) is 0 Å². The van der Waals surface area contributed by atoms with E-state index in [1.165, 1.54) is 66.4 Å². The molecule has 4 heteroatoms. The summed E-state index contributed by atoms with van der Waals surface area (Å²) in [6, 6.07) is 26.7. The molecule has 0 atom stereocenters. The second-order valence-electron chi connectivity index (χ2n) is 7.98. The molecule has 7 aromatic rings. The highest BCUT2D eigenvalue weighted by Crippen LogP contribution is 2.47. The van der Waals surface area contributed by atoms with Gasteiger partial charge in [0.25, 0.3) is 0 Å². The molecule has 0 bridgehead atoms. The van der Waals surface area contributed by atoms with Gasteiger partial charge in [-0.3, -0.25) is 0 Å². The molecule has 3 aromatic heterocycles. The van der Waals surface area contributed by atoms with Crippen LogP contribution in [-0.4, -0.2) is 0 Å². The Morgan fingerprint density at radius 1 is 0.613 bits per heavy atom. The summed E-state index contributed by atoms with van der Waals surface area (Å²) in [5, 5.41) is 6.78. The number of benzene rings is 4. The van der Waals surface area contributed by atoms with E-state index < -0.39 is 0 Å². The summed E-state index contributed by atoms with van der Waals surface area (Å²) in [6.07, 6.45) is 0. The van der Waals surface area contributed by atoms with Gasteiger partial charge in [-0.15, -0.1) is 46.6 Å². The maximum atomic E-state index is 4.70. The Bertz CT molecular complexity index is 1810. The highest BCUT2D eigenvalue weighted by atomic mass is 32.1. The smallest absolute Gasteiger partial charge is 0.0542 e. The van der Waals surface area contributed by atoms with Crippen LogP contribution in [0.1, 0.15) is 5.56 Å². The molecule has 31 heavy (non-hydrogen) atoms. The topological polar surface area (TPSA) is 0 Å². The standard InChI is InChI=1S/C27H16S4/c1-14-19-10-15-13-24-20(27-26(31-24)18-7-3-5-9-22(18)29-27)11-16(15)12-23(19)30-25(14)17-6-2-4-8-21(17)28/h2-13,28H,1H3. The first kappa shape index (κ1) is 18.2. The zero-order valence-corrected chi connectivity index (χ0v) is 19.9. The van der Waals surface area contributed by atoms with Crippen molar-refractivity contribution in [1.29, 1.82) is 0 Å². The highest BCUT2D eigenvalue weighted by Gasteiger charge is 2.16. The first-order chi connectivity index (χ1) is 15.2. The third kappa shape index (κ3) is 2.60. The molecule has 0 nitrogen and oxygen atoms in total. The fourth-order valence-corrected chi connectivity index (χ4v) is 8.89. The average molecular weight is 469 g/mol. The predicted molar refractivity (Wildman–Crippen MR) is 145 cm³/mol. The summed E-state index contributed by atoms with van der Waals surface area (Å²) in [5.41, 5.74) is 2.57. The van der Waals surface area contributed by atoms with Crippen molar-refractivity contribution in [3.8, 4) is 10.4 Å². The number of rotatable bonds is 1. The fourth-order valence-electron chi connectivity index (χ4n) is 4.59. The Labute approximate surface area is 196 Å². The lowest BCUT2D eigenvalue weighted by molar-refractivity contribution is 1.46. The SMILES string of the molecule is Cc1c(-c2ccccc2S)sc2cc3cc4c(cc3cc12)sc1c2ccccc2sc41. The van der Waals surface area contributed by atoms with Gasteiger partial charge in [0.15, 0.2) is 0 Å². The van der Waals surface area contributed by atoms with Crippen molar-refractivity contribution in [2.45, 2.75) is 11.8 Å². The number of aryl methyl sites for hydroxylation is 1. The Morgan fingerprint density at radius 2 is 1.26 bits per heavy atom. The van der Waals surface area contributed by atoms with Crippen LogP contribution in [0, 0.1) is 6.92 Å². The second kappa shape index (κ2) is 6.57. The van der Waals surface area contributed by atoms with Crippen molar-refractivity contribution in [1.82, 2.24) is 0 Å². The van der Waals surface area contributed by atoms with E-state index in [0.717, 1.165) is 4.90 Å². The predicted octanol–water partition coefficient (Wildman–Crippen LogP) is 9.90. The van der Waals surface area contributed by atoms with Gasteiger partial charge in [-0.2, -0.15) is 0 Å². The summed E-state index contributed by atoms with van der Waals surface area (Å²) < 4.78 is 6.96. The molecule has 0 unspecified atom stereocenters. The van der Waals surface area contributed by atoms with Gasteiger partial charge in [0.05, 0.1) is 9.40 Å². The zero-order chi connectivity index (χ0) is 20.7. The largest absolute Gasteiger partial charge is 0.143 e. The molecule has 0 spiro atoms. The third-order valence-electron chi connectivity index (χ3n) is 6.15. The van der Waals surface area contributed by atoms with Gasteiger partial charge in [-0.25, -0.2) is 0 Å². The van der Waals surface area contributed by atoms with Crippen molar-refractivity contribution in [3.05, 3.63) is 78.4 Å². The molecule has 0 aliphatic rings. The molecule has 0 fully saturated rings. The van der Waals surface area contributed by atoms with Crippen molar-refractivity contribution in [3.63, 3.8) is 0 Å². The number of fused-ring (bicyclic) bond motifs is 7. The van der Waals surface area contributed by atoms with E-state index in [2.05, 4.69) is 73.7 Å². The van der Waals surface area contributed by atoms with Crippen LogP contribution in [-0.2, 0) is 0 Å². The van der Waals surface area contributed by atoms with Crippen LogP contribution in [0.3, 0.4) is 0 Å². The summed E-state index contributed by atoms with van der Waals surface area (Å²) >= 11 is 10.4. The number of thiophene rings is 3. The van der Waals surface area contributed by atoms with Gasteiger partial charge in [0, 0.05) is 40.2 Å². The van der Waals surface area contributed by atoms with E-state index in [4.69, 9.17) is 12.6 Å². The van der Waals surface area contributed by atoms with E-state index in [0.29, 0.717) is 0 Å². The molecule has 148 valence electrons. The van der Waals surface area contributed by atoms with Crippen LogP contribution in [0.2, 0.25) is 0 Å². The molecular weight excluding hydrogens is 453 g/mol. The average Bonchev–Trinajstić information content (AvgIpc) is 3.41. The molecule has 7 rings (SSSR count). The van der Waals surface area contributed by atoms with E-state index >= 15 is 0 Å². The quantitative estimate of drug-likeness (QED) is 0.228. The summed E-state index contributed by atoms with van der Waals surface area (Å²) in [5.74, 6) is 0. The molecule has 0 aliphatic carbocycles. The van der Waals surface area contributed by atoms with Crippen LogP contribution in [0.15, 0.2) is 77.7 Å². The third-order valence-corrected chi connectivity index (χ3v) is 10.3. The molecular formula is C27H16S4. The van der Waals surface area contributed by atoms with E-state index in [-0.39, 0.29) is 0 Å². The minimum atomic E-state index is 1.04. The van der Waals surface area contributed by atoms with Crippen molar-refractivity contribution >= 4 is 97.1 Å². The zero-order valence-electron chi connectivity index (χ0n) is 16.6.